The van der Waals surface area contributed by atoms with Gasteiger partial charge < -0.3 is 10.1 Å². The van der Waals surface area contributed by atoms with Gasteiger partial charge in [-0.25, -0.2) is 14.2 Å². The normalized spacial score (nSPS) is 14.6. The summed E-state index contributed by atoms with van der Waals surface area (Å²) in [5.74, 6) is -0.0359. The first kappa shape index (κ1) is 19.6. The van der Waals surface area contributed by atoms with Crippen LogP contribution in [0.4, 0.5) is 14.9 Å². The molecule has 2 heterocycles. The molecule has 2 N–H and O–H groups in total. The first-order chi connectivity index (χ1) is 11.6. The fourth-order valence-corrected chi connectivity index (χ4v) is 3.51. The molecule has 3 rings (SSSR count). The summed E-state index contributed by atoms with van der Waals surface area (Å²) in [5.41, 5.74) is 1.95. The number of aromatic nitrogens is 1. The van der Waals surface area contributed by atoms with E-state index >= 15 is 0 Å². The molecule has 1 aromatic carbocycles. The number of piperidine rings is 1. The van der Waals surface area contributed by atoms with Crippen molar-refractivity contribution in [2.75, 3.05) is 25.0 Å². The van der Waals surface area contributed by atoms with Crippen LogP contribution in [0.1, 0.15) is 18.5 Å². The van der Waals surface area contributed by atoms with Crippen LogP contribution in [-0.2, 0) is 4.74 Å². The van der Waals surface area contributed by atoms with E-state index in [1.807, 2.05) is 12.3 Å². The summed E-state index contributed by atoms with van der Waals surface area (Å²) in [6.07, 6.45) is 1.43. The molecule has 0 radical (unpaired) electrons. The molecule has 1 amide bonds. The summed E-state index contributed by atoms with van der Waals surface area (Å²) in [7, 11) is 0. The molecule has 5 nitrogen and oxygen atoms in total. The van der Waals surface area contributed by atoms with Gasteiger partial charge in [0.1, 0.15) is 10.8 Å². The van der Waals surface area contributed by atoms with E-state index in [0.29, 0.717) is 23.8 Å². The number of nitrogens with one attached hydrogen (secondary N) is 2. The van der Waals surface area contributed by atoms with Crippen LogP contribution >= 0.6 is 23.7 Å². The number of ether oxygens (including phenoxy) is 1. The van der Waals surface area contributed by atoms with Gasteiger partial charge in [-0.1, -0.05) is 0 Å². The highest BCUT2D eigenvalue weighted by Crippen LogP contribution is 2.31. The Labute approximate surface area is 156 Å². The first-order valence-corrected chi connectivity index (χ1v) is 8.86. The van der Waals surface area contributed by atoms with Gasteiger partial charge in [0.05, 0.1) is 12.3 Å². The van der Waals surface area contributed by atoms with Gasteiger partial charge in [0.15, 0.2) is 0 Å². The number of thiazole rings is 1. The minimum Gasteiger partial charge on any atom is -0.449 e. The maximum atomic E-state index is 13.6. The predicted molar refractivity (Wildman–Crippen MR) is 100 cm³/mol. The summed E-state index contributed by atoms with van der Waals surface area (Å²) in [6, 6.07) is 4.27. The zero-order valence-electron chi connectivity index (χ0n) is 13.9. The van der Waals surface area contributed by atoms with Crippen LogP contribution in [0.25, 0.3) is 10.6 Å². The number of carbonyl (C=O) groups is 1. The van der Waals surface area contributed by atoms with Crippen LogP contribution in [0, 0.1) is 18.7 Å². The van der Waals surface area contributed by atoms with E-state index in [4.69, 9.17) is 4.74 Å². The van der Waals surface area contributed by atoms with Crippen molar-refractivity contribution in [3.8, 4) is 10.6 Å². The molecule has 8 heteroatoms. The Hall–Kier alpha value is -1.70. The lowest BCUT2D eigenvalue weighted by atomic mass is 9.99. The lowest BCUT2D eigenvalue weighted by Gasteiger charge is -2.22. The molecule has 1 fully saturated rings. The van der Waals surface area contributed by atoms with Gasteiger partial charge in [0.2, 0.25) is 0 Å². The number of rotatable bonds is 4. The Morgan fingerprint density at radius 2 is 2.20 bits per heavy atom. The number of amides is 1. The quantitative estimate of drug-likeness (QED) is 0.826. The zero-order chi connectivity index (χ0) is 16.9. The maximum absolute atomic E-state index is 13.6. The number of anilines is 1. The van der Waals surface area contributed by atoms with E-state index in [-0.39, 0.29) is 12.4 Å². The second kappa shape index (κ2) is 9.12. The molecule has 0 bridgehead atoms. The molecule has 0 saturated carbocycles. The zero-order valence-corrected chi connectivity index (χ0v) is 15.5. The highest BCUT2D eigenvalue weighted by atomic mass is 35.5. The molecule has 0 atom stereocenters. The van der Waals surface area contributed by atoms with E-state index in [1.165, 1.54) is 23.5 Å². The molecule has 25 heavy (non-hydrogen) atoms. The Bertz CT molecular complexity index is 720. The van der Waals surface area contributed by atoms with Crippen molar-refractivity contribution in [3.05, 3.63) is 35.1 Å². The molecule has 0 unspecified atom stereocenters. The van der Waals surface area contributed by atoms with Crippen LogP contribution in [0.3, 0.4) is 0 Å². The van der Waals surface area contributed by atoms with Crippen molar-refractivity contribution >= 4 is 35.5 Å². The lowest BCUT2D eigenvalue weighted by molar-refractivity contribution is 0.131. The maximum Gasteiger partial charge on any atom is 0.411 e. The van der Waals surface area contributed by atoms with Gasteiger partial charge in [-0.3, -0.25) is 5.32 Å². The van der Waals surface area contributed by atoms with E-state index < -0.39 is 11.9 Å². The van der Waals surface area contributed by atoms with Crippen LogP contribution in [-0.4, -0.2) is 30.8 Å². The van der Waals surface area contributed by atoms with Gasteiger partial charge in [-0.05, 0) is 57.0 Å². The van der Waals surface area contributed by atoms with Gasteiger partial charge in [-0.15, -0.1) is 23.7 Å². The molecular formula is C17H21ClFN3O2S. The monoisotopic (exact) mass is 385 g/mol. The van der Waals surface area contributed by atoms with Crippen molar-refractivity contribution in [2.24, 2.45) is 5.92 Å². The molecule has 0 aliphatic carbocycles. The molecule has 1 saturated heterocycles. The Balaban J connectivity index is 0.00000225. The lowest BCUT2D eigenvalue weighted by Crippen LogP contribution is -2.31. The summed E-state index contributed by atoms with van der Waals surface area (Å²) >= 11 is 1.45. The van der Waals surface area contributed by atoms with Gasteiger partial charge in [0, 0.05) is 16.6 Å². The molecule has 2 aromatic rings. The number of aryl methyl sites for hydroxylation is 1. The van der Waals surface area contributed by atoms with Gasteiger partial charge in [0.25, 0.3) is 0 Å². The van der Waals surface area contributed by atoms with Crippen LogP contribution in [0.5, 0.6) is 0 Å². The van der Waals surface area contributed by atoms with Crippen molar-refractivity contribution < 1.29 is 13.9 Å². The predicted octanol–water partition coefficient (Wildman–Crippen LogP) is 4.23. The average Bonchev–Trinajstić information content (AvgIpc) is 3.00. The third kappa shape index (κ3) is 5.39. The third-order valence-electron chi connectivity index (χ3n) is 3.98. The Kier molecular flexibility index (Phi) is 7.16. The number of halogens is 2. The minimum absolute atomic E-state index is 0. The van der Waals surface area contributed by atoms with Gasteiger partial charge >= 0.3 is 6.09 Å². The second-order valence-corrected chi connectivity index (χ2v) is 6.76. The van der Waals surface area contributed by atoms with E-state index in [1.54, 1.807) is 6.07 Å². The van der Waals surface area contributed by atoms with Crippen molar-refractivity contribution in [3.63, 3.8) is 0 Å². The van der Waals surface area contributed by atoms with Crippen LogP contribution < -0.4 is 10.6 Å². The third-order valence-corrected chi connectivity index (χ3v) is 4.97. The molecule has 136 valence electrons. The van der Waals surface area contributed by atoms with Crippen molar-refractivity contribution in [1.29, 1.82) is 0 Å². The van der Waals surface area contributed by atoms with Crippen molar-refractivity contribution in [2.45, 2.75) is 19.8 Å². The summed E-state index contributed by atoms with van der Waals surface area (Å²) in [6.45, 7) is 4.18. The minimum atomic E-state index is -0.561. The smallest absolute Gasteiger partial charge is 0.411 e. The average molecular weight is 386 g/mol. The molecule has 1 aliphatic rings. The van der Waals surface area contributed by atoms with E-state index in [9.17, 15) is 9.18 Å². The molecule has 0 spiro atoms. The molecular weight excluding hydrogens is 365 g/mol. The fourth-order valence-electron chi connectivity index (χ4n) is 2.67. The second-order valence-electron chi connectivity index (χ2n) is 5.90. The largest absolute Gasteiger partial charge is 0.449 e. The molecule has 1 aromatic heterocycles. The Morgan fingerprint density at radius 3 is 2.88 bits per heavy atom. The first-order valence-electron chi connectivity index (χ1n) is 7.98. The van der Waals surface area contributed by atoms with Crippen LogP contribution in [0.15, 0.2) is 23.6 Å². The highest BCUT2D eigenvalue weighted by Gasteiger charge is 2.17. The van der Waals surface area contributed by atoms with E-state index in [2.05, 4.69) is 15.6 Å². The summed E-state index contributed by atoms with van der Waals surface area (Å²) < 4.78 is 18.9. The highest BCUT2D eigenvalue weighted by molar-refractivity contribution is 7.13. The number of nitrogens with zero attached hydrogens (tertiary/aromatic N) is 1. The molecule has 1 aliphatic heterocycles. The Morgan fingerprint density at radius 1 is 1.44 bits per heavy atom. The number of hydrogen-bond acceptors (Lipinski definition) is 5. The number of benzene rings is 1. The van der Waals surface area contributed by atoms with Crippen molar-refractivity contribution in [1.82, 2.24) is 10.3 Å². The standard InChI is InChI=1S/C17H20FN3O2S.ClH/c1-11-10-24-16(20-11)14-3-2-13(18)8-15(14)21-17(22)23-9-12-4-6-19-7-5-12;/h2-3,8,10,12,19H,4-7,9H2,1H3,(H,21,22);1H. The number of carbonyl (C=O) groups excluding carboxylic acids is 1. The fraction of sp³-hybridized carbons (Fsp3) is 0.412. The van der Waals surface area contributed by atoms with E-state index in [0.717, 1.165) is 36.6 Å². The number of hydrogen-bond donors (Lipinski definition) is 2. The van der Waals surface area contributed by atoms with Gasteiger partial charge in [-0.2, -0.15) is 0 Å². The van der Waals surface area contributed by atoms with Crippen LogP contribution in [0.2, 0.25) is 0 Å². The SMILES string of the molecule is Cc1csc(-c2ccc(F)cc2NC(=O)OCC2CCNCC2)n1.Cl. The topological polar surface area (TPSA) is 63.2 Å². The summed E-state index contributed by atoms with van der Waals surface area (Å²) in [5, 5.41) is 8.57. The summed E-state index contributed by atoms with van der Waals surface area (Å²) in [4.78, 5) is 16.5.